The standard InChI is InChI=1S/C16H26N2O/c1-5-13-6-7-14(18-9-13)8-15(17)16-10(2)11(3)19-12(16)4/h6-7,9-12,15-16H,5,8,17H2,1-4H3. The largest absolute Gasteiger partial charge is 0.375 e. The van der Waals surface area contributed by atoms with Gasteiger partial charge in [0.15, 0.2) is 0 Å². The zero-order chi connectivity index (χ0) is 14.0. The van der Waals surface area contributed by atoms with Crippen LogP contribution in [0.15, 0.2) is 18.3 Å². The van der Waals surface area contributed by atoms with E-state index in [0.717, 1.165) is 18.5 Å². The average Bonchev–Trinajstić information content (AvgIpc) is 2.64. The Hall–Kier alpha value is -0.930. The third-order valence-corrected chi connectivity index (χ3v) is 4.55. The van der Waals surface area contributed by atoms with Gasteiger partial charge in [0.1, 0.15) is 0 Å². The summed E-state index contributed by atoms with van der Waals surface area (Å²) in [4.78, 5) is 4.51. The number of pyridine rings is 1. The van der Waals surface area contributed by atoms with E-state index in [1.165, 1.54) is 5.56 Å². The summed E-state index contributed by atoms with van der Waals surface area (Å²) in [5.41, 5.74) is 8.77. The molecule has 1 aliphatic heterocycles. The molecule has 0 saturated carbocycles. The Morgan fingerprint density at radius 3 is 2.47 bits per heavy atom. The molecule has 0 aliphatic carbocycles. The van der Waals surface area contributed by atoms with Crippen LogP contribution in [0, 0.1) is 11.8 Å². The highest BCUT2D eigenvalue weighted by Crippen LogP contribution is 2.34. The second kappa shape index (κ2) is 6.02. The Balaban J connectivity index is 2.01. The number of aryl methyl sites for hydroxylation is 1. The fourth-order valence-corrected chi connectivity index (χ4v) is 3.19. The van der Waals surface area contributed by atoms with Gasteiger partial charge in [-0.1, -0.05) is 19.9 Å². The van der Waals surface area contributed by atoms with E-state index in [9.17, 15) is 0 Å². The van der Waals surface area contributed by atoms with Crippen molar-refractivity contribution in [2.24, 2.45) is 17.6 Å². The van der Waals surface area contributed by atoms with Crippen molar-refractivity contribution in [3.8, 4) is 0 Å². The maximum Gasteiger partial charge on any atom is 0.0597 e. The highest BCUT2D eigenvalue weighted by atomic mass is 16.5. The predicted molar refractivity (Wildman–Crippen MR) is 78.0 cm³/mol. The van der Waals surface area contributed by atoms with Crippen molar-refractivity contribution >= 4 is 0 Å². The molecule has 2 heterocycles. The van der Waals surface area contributed by atoms with Crippen LogP contribution in [0.25, 0.3) is 0 Å². The molecule has 0 aromatic carbocycles. The molecule has 0 spiro atoms. The quantitative estimate of drug-likeness (QED) is 0.907. The highest BCUT2D eigenvalue weighted by Gasteiger charge is 2.40. The maximum absolute atomic E-state index is 6.40. The summed E-state index contributed by atoms with van der Waals surface area (Å²) >= 11 is 0. The summed E-state index contributed by atoms with van der Waals surface area (Å²) in [5, 5.41) is 0. The summed E-state index contributed by atoms with van der Waals surface area (Å²) in [6.45, 7) is 8.66. The summed E-state index contributed by atoms with van der Waals surface area (Å²) in [6, 6.07) is 4.37. The number of aromatic nitrogens is 1. The molecule has 0 amide bonds. The molecule has 3 heteroatoms. The fraction of sp³-hybridized carbons (Fsp3) is 0.688. The minimum atomic E-state index is 0.120. The lowest BCUT2D eigenvalue weighted by molar-refractivity contribution is 0.0490. The molecule has 2 N–H and O–H groups in total. The van der Waals surface area contributed by atoms with Crippen LogP contribution in [0.5, 0.6) is 0 Å². The van der Waals surface area contributed by atoms with E-state index in [0.29, 0.717) is 17.9 Å². The Kier molecular flexibility index (Phi) is 4.58. The number of rotatable bonds is 4. The van der Waals surface area contributed by atoms with Crippen LogP contribution in [0.1, 0.15) is 39.0 Å². The third kappa shape index (κ3) is 3.15. The first-order valence-corrected chi connectivity index (χ1v) is 7.37. The van der Waals surface area contributed by atoms with Gasteiger partial charge in [0, 0.05) is 30.3 Å². The predicted octanol–water partition coefficient (Wildman–Crippen LogP) is 2.57. The van der Waals surface area contributed by atoms with Gasteiger partial charge in [0.2, 0.25) is 0 Å². The minimum absolute atomic E-state index is 0.120. The van der Waals surface area contributed by atoms with E-state index < -0.39 is 0 Å². The van der Waals surface area contributed by atoms with E-state index in [1.54, 1.807) is 0 Å². The molecule has 106 valence electrons. The maximum atomic E-state index is 6.40. The summed E-state index contributed by atoms with van der Waals surface area (Å²) in [7, 11) is 0. The lowest BCUT2D eigenvalue weighted by atomic mass is 9.82. The van der Waals surface area contributed by atoms with E-state index in [2.05, 4.69) is 44.8 Å². The summed E-state index contributed by atoms with van der Waals surface area (Å²) < 4.78 is 5.88. The number of ether oxygens (including phenoxy) is 1. The van der Waals surface area contributed by atoms with Crippen LogP contribution in [0.3, 0.4) is 0 Å². The number of hydrogen-bond donors (Lipinski definition) is 1. The zero-order valence-corrected chi connectivity index (χ0v) is 12.5. The molecule has 1 aliphatic rings. The van der Waals surface area contributed by atoms with E-state index in [1.807, 2.05) is 6.20 Å². The fourth-order valence-electron chi connectivity index (χ4n) is 3.19. The van der Waals surface area contributed by atoms with Gasteiger partial charge >= 0.3 is 0 Å². The van der Waals surface area contributed by atoms with Crippen molar-refractivity contribution in [3.05, 3.63) is 29.6 Å². The molecule has 19 heavy (non-hydrogen) atoms. The Morgan fingerprint density at radius 1 is 1.26 bits per heavy atom. The van der Waals surface area contributed by atoms with E-state index >= 15 is 0 Å². The van der Waals surface area contributed by atoms with Gasteiger partial charge in [0.05, 0.1) is 12.2 Å². The highest BCUT2D eigenvalue weighted by molar-refractivity contribution is 5.15. The van der Waals surface area contributed by atoms with Crippen LogP contribution in [-0.2, 0) is 17.6 Å². The molecule has 0 bridgehead atoms. The monoisotopic (exact) mass is 262 g/mol. The minimum Gasteiger partial charge on any atom is -0.375 e. The van der Waals surface area contributed by atoms with Crippen LogP contribution in [0.4, 0.5) is 0 Å². The van der Waals surface area contributed by atoms with Gasteiger partial charge in [-0.15, -0.1) is 0 Å². The van der Waals surface area contributed by atoms with E-state index in [4.69, 9.17) is 10.5 Å². The van der Waals surface area contributed by atoms with Gasteiger partial charge in [-0.3, -0.25) is 4.98 Å². The van der Waals surface area contributed by atoms with Crippen LogP contribution < -0.4 is 5.73 Å². The van der Waals surface area contributed by atoms with Crippen LogP contribution in [0.2, 0.25) is 0 Å². The third-order valence-electron chi connectivity index (χ3n) is 4.55. The molecule has 2 rings (SSSR count). The van der Waals surface area contributed by atoms with Gasteiger partial charge in [0.25, 0.3) is 0 Å². The van der Waals surface area contributed by atoms with Crippen LogP contribution >= 0.6 is 0 Å². The average molecular weight is 262 g/mol. The lowest BCUT2D eigenvalue weighted by Gasteiger charge is -2.25. The van der Waals surface area contributed by atoms with Crippen molar-refractivity contribution < 1.29 is 4.74 Å². The van der Waals surface area contributed by atoms with Gasteiger partial charge in [-0.2, -0.15) is 0 Å². The molecule has 1 aromatic rings. The molecule has 1 fully saturated rings. The molecule has 3 nitrogen and oxygen atoms in total. The van der Waals surface area contributed by atoms with E-state index in [-0.39, 0.29) is 12.1 Å². The molecule has 5 atom stereocenters. The Morgan fingerprint density at radius 2 is 2.00 bits per heavy atom. The Labute approximate surface area is 116 Å². The van der Waals surface area contributed by atoms with Crippen molar-refractivity contribution in [1.82, 2.24) is 4.98 Å². The molecular formula is C16H26N2O. The van der Waals surface area contributed by atoms with Gasteiger partial charge < -0.3 is 10.5 Å². The molecule has 5 unspecified atom stereocenters. The lowest BCUT2D eigenvalue weighted by Crippen LogP contribution is -2.39. The molecule has 1 aromatic heterocycles. The number of nitrogens with zero attached hydrogens (tertiary/aromatic N) is 1. The summed E-state index contributed by atoms with van der Waals surface area (Å²) in [5.74, 6) is 0.933. The zero-order valence-electron chi connectivity index (χ0n) is 12.5. The molecule has 1 saturated heterocycles. The smallest absolute Gasteiger partial charge is 0.0597 e. The van der Waals surface area contributed by atoms with Gasteiger partial charge in [-0.25, -0.2) is 0 Å². The first kappa shape index (κ1) is 14.5. The second-order valence-electron chi connectivity index (χ2n) is 5.86. The number of hydrogen-bond acceptors (Lipinski definition) is 3. The topological polar surface area (TPSA) is 48.1 Å². The van der Waals surface area contributed by atoms with Crippen molar-refractivity contribution in [2.75, 3.05) is 0 Å². The molecular weight excluding hydrogens is 236 g/mol. The Bertz CT molecular complexity index is 404. The second-order valence-corrected chi connectivity index (χ2v) is 5.86. The normalized spacial score (nSPS) is 32.5. The van der Waals surface area contributed by atoms with Crippen molar-refractivity contribution in [1.29, 1.82) is 0 Å². The SMILES string of the molecule is CCc1ccc(CC(N)C2C(C)OC(C)C2C)nc1. The first-order valence-electron chi connectivity index (χ1n) is 7.37. The van der Waals surface area contributed by atoms with Crippen molar-refractivity contribution in [3.63, 3.8) is 0 Å². The summed E-state index contributed by atoms with van der Waals surface area (Å²) in [6.07, 6.45) is 4.38. The first-order chi connectivity index (χ1) is 9.02. The number of nitrogens with two attached hydrogens (primary N) is 1. The van der Waals surface area contributed by atoms with Gasteiger partial charge in [-0.05, 0) is 37.8 Å². The van der Waals surface area contributed by atoms with Crippen LogP contribution in [-0.4, -0.2) is 23.2 Å². The molecule has 0 radical (unpaired) electrons. The van der Waals surface area contributed by atoms with Crippen molar-refractivity contribution in [2.45, 2.75) is 58.8 Å².